The molecule has 15 heteroatoms. The maximum atomic E-state index is 9.72. The number of carboxylic acid groups (broad SMARTS) is 7. The average Bonchev–Trinajstić information content (AvgIpc) is 2.51. The van der Waals surface area contributed by atoms with Gasteiger partial charge in [-0.3, -0.25) is 19.2 Å². The lowest BCUT2D eigenvalue weighted by Crippen LogP contribution is -2.22. The fraction of sp³-hybridized carbons (Fsp3) is 0.357. The second kappa shape index (κ2) is 20.3. The number of carboxylic acids is 7. The van der Waals surface area contributed by atoms with E-state index in [9.17, 15) is 28.8 Å². The first-order valence-electron chi connectivity index (χ1n) is 6.92. The Balaban J connectivity index is -0.000000148. The van der Waals surface area contributed by atoms with Crippen LogP contribution < -0.4 is 0 Å². The zero-order valence-electron chi connectivity index (χ0n) is 14.8. The molecule has 29 heavy (non-hydrogen) atoms. The molecule has 0 aromatic rings. The Hall–Kier alpha value is -4.01. The summed E-state index contributed by atoms with van der Waals surface area (Å²) in [5.41, 5.74) is 0. The predicted octanol–water partition coefficient (Wildman–Crippen LogP) is -1.35. The van der Waals surface area contributed by atoms with Crippen LogP contribution in [0.4, 0.5) is 0 Å². The molecular formula is C14H20O15. The van der Waals surface area contributed by atoms with Crippen molar-refractivity contribution in [3.63, 3.8) is 0 Å². The van der Waals surface area contributed by atoms with Crippen LogP contribution in [-0.4, -0.2) is 88.7 Å². The van der Waals surface area contributed by atoms with E-state index in [2.05, 4.69) is 0 Å². The quantitative estimate of drug-likeness (QED) is 0.207. The van der Waals surface area contributed by atoms with Crippen LogP contribution in [0.15, 0.2) is 12.2 Å². The van der Waals surface area contributed by atoms with Crippen LogP contribution in [0.2, 0.25) is 0 Å². The molecule has 0 aliphatic carbocycles. The van der Waals surface area contributed by atoms with Crippen molar-refractivity contribution < 1.29 is 74.4 Å². The highest BCUT2D eigenvalue weighted by molar-refractivity contribution is 5.89. The summed E-state index contributed by atoms with van der Waals surface area (Å²) in [7, 11) is 0. The lowest BCUT2D eigenvalue weighted by molar-refractivity contribution is -0.152. The van der Waals surface area contributed by atoms with Crippen LogP contribution in [-0.2, 0) is 33.6 Å². The molecule has 0 rings (SSSR count). The van der Waals surface area contributed by atoms with Crippen LogP contribution in [0.3, 0.4) is 0 Å². The van der Waals surface area contributed by atoms with E-state index >= 15 is 0 Å². The molecule has 0 spiro atoms. The first-order valence-corrected chi connectivity index (χ1v) is 6.92. The van der Waals surface area contributed by atoms with E-state index < -0.39 is 54.3 Å². The van der Waals surface area contributed by atoms with Crippen LogP contribution in [0, 0.1) is 0 Å². The number of carbonyl (C=O) groups is 7. The monoisotopic (exact) mass is 428 g/mol. The van der Waals surface area contributed by atoms with Crippen molar-refractivity contribution in [2.75, 3.05) is 0 Å². The number of aliphatic hydroxyl groups is 1. The minimum absolute atomic E-state index is 0.296. The topological polar surface area (TPSA) is 281 Å². The minimum atomic E-state index is -1.79. The third-order valence-electron chi connectivity index (χ3n) is 1.57. The number of hydrogen-bond donors (Lipinski definition) is 8. The number of aliphatic hydroxyl groups excluding tert-OH is 1. The smallest absolute Gasteiger partial charge is 0.333 e. The molecule has 0 amide bonds. The Kier molecular flexibility index (Phi) is 22.9. The third-order valence-corrected chi connectivity index (χ3v) is 1.57. The Morgan fingerprint density at radius 2 is 0.931 bits per heavy atom. The Labute approximate surface area is 161 Å². The molecule has 0 aromatic carbocycles. The summed E-state index contributed by atoms with van der Waals surface area (Å²) in [6.07, 6.45) is -2.02. The Morgan fingerprint density at radius 3 is 1.03 bits per heavy atom. The predicted molar refractivity (Wildman–Crippen MR) is 88.1 cm³/mol. The molecule has 1 unspecified atom stereocenters. The van der Waals surface area contributed by atoms with Crippen molar-refractivity contribution in [1.82, 2.24) is 0 Å². The molecule has 8 N–H and O–H groups in total. The molecule has 0 aliphatic rings. The average molecular weight is 428 g/mol. The minimum Gasteiger partial charge on any atom is -0.481 e. The Bertz CT molecular complexity index is 570. The molecule has 0 radical (unpaired) electrons. The maximum Gasteiger partial charge on any atom is 0.333 e. The van der Waals surface area contributed by atoms with Gasteiger partial charge in [0.2, 0.25) is 0 Å². The van der Waals surface area contributed by atoms with Gasteiger partial charge in [-0.15, -0.1) is 0 Å². The van der Waals surface area contributed by atoms with Gasteiger partial charge in [-0.05, 0) is 0 Å². The molecule has 0 heterocycles. The van der Waals surface area contributed by atoms with Crippen molar-refractivity contribution in [3.05, 3.63) is 12.2 Å². The summed E-state index contributed by atoms with van der Waals surface area (Å²) >= 11 is 0. The van der Waals surface area contributed by atoms with E-state index in [1.165, 1.54) is 0 Å². The van der Waals surface area contributed by atoms with Gasteiger partial charge in [0.05, 0.1) is 19.3 Å². The van der Waals surface area contributed by atoms with Crippen molar-refractivity contribution in [2.45, 2.75) is 32.3 Å². The summed E-state index contributed by atoms with van der Waals surface area (Å²) in [4.78, 5) is 66.8. The maximum absolute atomic E-state index is 9.72. The molecule has 0 aliphatic heterocycles. The van der Waals surface area contributed by atoms with Crippen molar-refractivity contribution in [1.29, 1.82) is 0 Å². The fourth-order valence-corrected chi connectivity index (χ4v) is 0.609. The molecule has 0 saturated heterocycles. The van der Waals surface area contributed by atoms with Gasteiger partial charge >= 0.3 is 35.8 Å². The van der Waals surface area contributed by atoms with Gasteiger partial charge in [-0.25, -0.2) is 14.4 Å². The summed E-state index contributed by atoms with van der Waals surface area (Å²) in [6, 6.07) is 0. The van der Waals surface area contributed by atoms with E-state index in [0.717, 1.165) is 6.92 Å². The number of rotatable bonds is 8. The van der Waals surface area contributed by atoms with Gasteiger partial charge in [0.15, 0.2) is 6.10 Å². The summed E-state index contributed by atoms with van der Waals surface area (Å²) in [6.45, 7) is 1.08. The third kappa shape index (κ3) is 59.3. The highest BCUT2D eigenvalue weighted by Crippen LogP contribution is 1.89. The van der Waals surface area contributed by atoms with Gasteiger partial charge in [-0.1, -0.05) is 0 Å². The molecular weight excluding hydrogens is 408 g/mol. The van der Waals surface area contributed by atoms with Crippen molar-refractivity contribution in [2.24, 2.45) is 0 Å². The van der Waals surface area contributed by atoms with Gasteiger partial charge in [0, 0.05) is 19.1 Å². The largest absolute Gasteiger partial charge is 0.481 e. The highest BCUT2D eigenvalue weighted by atomic mass is 16.4. The van der Waals surface area contributed by atoms with Gasteiger partial charge < -0.3 is 40.9 Å². The lowest BCUT2D eigenvalue weighted by atomic mass is 10.3. The van der Waals surface area contributed by atoms with E-state index in [-0.39, 0.29) is 12.8 Å². The summed E-state index contributed by atoms with van der Waals surface area (Å²) < 4.78 is 0. The standard InChI is InChI=1S/C4H6O5.C4H6O4.C4H4O4.C2H4O2/c5-2(4(8)9)1-3(6)7;2*5-3(6)1-2-4(7)8;1-2(3)4/h2,5H,1H2,(H,6,7)(H,8,9);1-2H2,(H,5,6)(H,7,8);1-2H,(H,5,6)(H,7,8);1H3,(H,3,4)/b;;2-1+;. The first kappa shape index (κ1) is 32.6. The molecule has 0 fully saturated rings. The highest BCUT2D eigenvalue weighted by Gasteiger charge is 2.16. The normalized spacial score (nSPS) is 9.72. The van der Waals surface area contributed by atoms with E-state index in [4.69, 9.17) is 45.6 Å². The SMILES string of the molecule is CC(=O)O.O=C(O)/C=C/C(=O)O.O=C(O)CC(O)C(=O)O.O=C(O)CCC(=O)O. The zero-order chi connectivity index (χ0) is 24.2. The van der Waals surface area contributed by atoms with E-state index in [0.29, 0.717) is 12.2 Å². The summed E-state index contributed by atoms with van der Waals surface area (Å²) in [5.74, 6) is -8.35. The zero-order valence-corrected chi connectivity index (χ0v) is 14.8. The van der Waals surface area contributed by atoms with Crippen LogP contribution in [0.1, 0.15) is 26.2 Å². The van der Waals surface area contributed by atoms with Crippen LogP contribution >= 0.6 is 0 Å². The Morgan fingerprint density at radius 1 is 0.655 bits per heavy atom. The molecule has 0 saturated carbocycles. The van der Waals surface area contributed by atoms with E-state index in [1.54, 1.807) is 0 Å². The van der Waals surface area contributed by atoms with Gasteiger partial charge in [0.25, 0.3) is 5.97 Å². The summed E-state index contributed by atoms with van der Waals surface area (Å²) in [5, 5.41) is 63.0. The lowest BCUT2D eigenvalue weighted by Gasteiger charge is -1.97. The second-order valence-corrected chi connectivity index (χ2v) is 4.27. The van der Waals surface area contributed by atoms with E-state index in [1.807, 2.05) is 0 Å². The molecule has 1 atom stereocenters. The van der Waals surface area contributed by atoms with Gasteiger partial charge in [0.1, 0.15) is 0 Å². The van der Waals surface area contributed by atoms with Crippen LogP contribution in [0.5, 0.6) is 0 Å². The van der Waals surface area contributed by atoms with Crippen LogP contribution in [0.25, 0.3) is 0 Å². The van der Waals surface area contributed by atoms with Gasteiger partial charge in [-0.2, -0.15) is 0 Å². The number of hydrogen-bond acceptors (Lipinski definition) is 8. The molecule has 0 aromatic heterocycles. The molecule has 15 nitrogen and oxygen atoms in total. The molecule has 0 bridgehead atoms. The second-order valence-electron chi connectivity index (χ2n) is 4.27. The number of aliphatic carboxylic acids is 7. The molecule has 166 valence electrons. The van der Waals surface area contributed by atoms with Crippen molar-refractivity contribution >= 4 is 41.8 Å². The fourth-order valence-electron chi connectivity index (χ4n) is 0.609. The first-order chi connectivity index (χ1) is 13.0. The van der Waals surface area contributed by atoms with Crippen molar-refractivity contribution in [3.8, 4) is 0 Å².